The Balaban J connectivity index is 1.83. The van der Waals surface area contributed by atoms with E-state index in [9.17, 15) is 30.6 Å². The molecule has 3 atom stereocenters. The van der Waals surface area contributed by atoms with Crippen molar-refractivity contribution in [1.29, 1.82) is 0 Å². The van der Waals surface area contributed by atoms with Crippen LogP contribution in [0, 0.1) is 5.41 Å². The van der Waals surface area contributed by atoms with E-state index in [1.807, 2.05) is 0 Å². The first-order valence-electron chi connectivity index (χ1n) is 7.46. The van der Waals surface area contributed by atoms with Crippen LogP contribution < -0.4 is 4.74 Å². The van der Waals surface area contributed by atoms with Gasteiger partial charge < -0.3 is 35.4 Å². The second-order valence-electron chi connectivity index (χ2n) is 6.48. The molecule has 1 aliphatic heterocycles. The average molecular weight is 332 g/mol. The summed E-state index contributed by atoms with van der Waals surface area (Å²) in [7, 11) is 0. The third kappa shape index (κ3) is 1.94. The molecule has 7 heteroatoms. The molecule has 2 aromatic rings. The van der Waals surface area contributed by atoms with Crippen LogP contribution in [0.25, 0.3) is 0 Å². The van der Waals surface area contributed by atoms with Gasteiger partial charge in [-0.15, -0.1) is 0 Å². The highest BCUT2D eigenvalue weighted by atomic mass is 16.5. The summed E-state index contributed by atoms with van der Waals surface area (Å²) in [6.45, 7) is 0. The quantitative estimate of drug-likeness (QED) is 0.438. The predicted octanol–water partition coefficient (Wildman–Crippen LogP) is 1.64. The van der Waals surface area contributed by atoms with E-state index in [4.69, 9.17) is 4.74 Å². The summed E-state index contributed by atoms with van der Waals surface area (Å²) in [6, 6.07) is 5.10. The van der Waals surface area contributed by atoms with Crippen molar-refractivity contribution in [1.82, 2.24) is 0 Å². The minimum absolute atomic E-state index is 0.113. The lowest BCUT2D eigenvalue weighted by Gasteiger charge is -2.35. The number of aliphatic hydroxyl groups is 1. The number of hydrogen-bond donors (Lipinski definition) is 6. The molecule has 0 saturated heterocycles. The second kappa shape index (κ2) is 4.61. The van der Waals surface area contributed by atoms with Crippen molar-refractivity contribution in [2.75, 3.05) is 0 Å². The van der Waals surface area contributed by atoms with Crippen molar-refractivity contribution < 1.29 is 35.4 Å². The predicted molar refractivity (Wildman–Crippen MR) is 81.3 cm³/mol. The van der Waals surface area contributed by atoms with E-state index in [0.717, 1.165) is 0 Å². The molecule has 0 amide bonds. The van der Waals surface area contributed by atoms with Gasteiger partial charge >= 0.3 is 0 Å². The van der Waals surface area contributed by atoms with E-state index in [1.54, 1.807) is 0 Å². The zero-order chi connectivity index (χ0) is 17.2. The Morgan fingerprint density at radius 1 is 0.917 bits per heavy atom. The van der Waals surface area contributed by atoms with Gasteiger partial charge in [-0.05, 0) is 25.0 Å². The molecule has 2 aromatic carbocycles. The summed E-state index contributed by atoms with van der Waals surface area (Å²) in [5, 5.41) is 58.8. The maximum absolute atomic E-state index is 10.2. The van der Waals surface area contributed by atoms with Crippen molar-refractivity contribution >= 4 is 0 Å². The fraction of sp³-hybridized carbons (Fsp3) is 0.294. The number of hydrogen-bond acceptors (Lipinski definition) is 7. The van der Waals surface area contributed by atoms with Crippen LogP contribution in [0.3, 0.4) is 0 Å². The molecule has 3 unspecified atom stereocenters. The Morgan fingerprint density at radius 2 is 1.54 bits per heavy atom. The number of phenolic OH excluding ortho intramolecular Hbond substituents is 5. The molecule has 24 heavy (non-hydrogen) atoms. The molecule has 126 valence electrons. The van der Waals surface area contributed by atoms with Crippen LogP contribution in [0.4, 0.5) is 0 Å². The first-order valence-corrected chi connectivity index (χ1v) is 7.46. The summed E-state index contributed by atoms with van der Waals surface area (Å²) < 4.78 is 5.89. The Kier molecular flexibility index (Phi) is 2.84. The van der Waals surface area contributed by atoms with Crippen LogP contribution >= 0.6 is 0 Å². The van der Waals surface area contributed by atoms with E-state index >= 15 is 0 Å². The first kappa shape index (κ1) is 14.8. The minimum atomic E-state index is -0.710. The van der Waals surface area contributed by atoms with Crippen molar-refractivity contribution in [3.8, 4) is 34.5 Å². The highest BCUT2D eigenvalue weighted by Crippen LogP contribution is 2.63. The third-order valence-corrected chi connectivity index (χ3v) is 4.91. The number of phenols is 5. The third-order valence-electron chi connectivity index (χ3n) is 4.91. The smallest absolute Gasteiger partial charge is 0.200 e. The van der Waals surface area contributed by atoms with Gasteiger partial charge in [-0.25, -0.2) is 0 Å². The average Bonchev–Trinajstić information content (AvgIpc) is 3.14. The number of ether oxygens (including phenoxy) is 1. The number of aromatic hydroxyl groups is 5. The Morgan fingerprint density at radius 3 is 2.12 bits per heavy atom. The molecular formula is C17H16O7. The van der Waals surface area contributed by atoms with Gasteiger partial charge in [0, 0.05) is 28.7 Å². The Bertz CT molecular complexity index is 824. The summed E-state index contributed by atoms with van der Waals surface area (Å²) in [5.74, 6) is -1.62. The van der Waals surface area contributed by atoms with Crippen LogP contribution in [0.1, 0.15) is 23.7 Å². The molecule has 0 bridgehead atoms. The van der Waals surface area contributed by atoms with Crippen molar-refractivity contribution in [2.24, 2.45) is 5.41 Å². The highest BCUT2D eigenvalue weighted by Gasteiger charge is 2.62. The lowest BCUT2D eigenvalue weighted by molar-refractivity contribution is 0.0596. The normalized spacial score (nSPS) is 27.5. The summed E-state index contributed by atoms with van der Waals surface area (Å²) >= 11 is 0. The fourth-order valence-electron chi connectivity index (χ4n) is 3.51. The molecule has 1 aliphatic carbocycles. The molecule has 4 rings (SSSR count). The number of rotatable bonds is 1. The first-order chi connectivity index (χ1) is 11.3. The standard InChI is InChI=1S/C17H16O7/c18-8-3-10(19)9-5-17(6-14(17)22)16(24-13(9)4-8)7-1-11(20)15(23)12(21)2-7/h1-4,14,16,18-23H,5-6H2. The van der Waals surface area contributed by atoms with Gasteiger partial charge in [0.2, 0.25) is 0 Å². The topological polar surface area (TPSA) is 131 Å². The minimum Gasteiger partial charge on any atom is -0.508 e. The van der Waals surface area contributed by atoms with Gasteiger partial charge in [-0.1, -0.05) is 0 Å². The maximum Gasteiger partial charge on any atom is 0.200 e. The van der Waals surface area contributed by atoms with Gasteiger partial charge in [0.1, 0.15) is 23.4 Å². The van der Waals surface area contributed by atoms with Gasteiger partial charge in [-0.2, -0.15) is 0 Å². The molecule has 1 fully saturated rings. The highest BCUT2D eigenvalue weighted by molar-refractivity contribution is 5.55. The van der Waals surface area contributed by atoms with E-state index in [1.165, 1.54) is 24.3 Å². The molecule has 1 heterocycles. The zero-order valence-electron chi connectivity index (χ0n) is 12.5. The fourth-order valence-corrected chi connectivity index (χ4v) is 3.51. The molecule has 0 aromatic heterocycles. The van der Waals surface area contributed by atoms with Crippen LogP contribution in [0.2, 0.25) is 0 Å². The van der Waals surface area contributed by atoms with Crippen LogP contribution in [0.15, 0.2) is 24.3 Å². The van der Waals surface area contributed by atoms with Gasteiger partial charge in [0.25, 0.3) is 0 Å². The van der Waals surface area contributed by atoms with Gasteiger partial charge in [0.15, 0.2) is 17.2 Å². The van der Waals surface area contributed by atoms with Crippen molar-refractivity contribution in [3.63, 3.8) is 0 Å². The largest absolute Gasteiger partial charge is 0.508 e. The van der Waals surface area contributed by atoms with E-state index < -0.39 is 34.9 Å². The van der Waals surface area contributed by atoms with Crippen LogP contribution in [0.5, 0.6) is 34.5 Å². The molecule has 0 radical (unpaired) electrons. The maximum atomic E-state index is 10.2. The number of aliphatic hydroxyl groups excluding tert-OH is 1. The molecule has 2 aliphatic rings. The summed E-state index contributed by atoms with van der Waals surface area (Å²) in [5.41, 5.74) is 0.178. The molecule has 1 spiro atoms. The van der Waals surface area contributed by atoms with Crippen molar-refractivity contribution in [2.45, 2.75) is 25.0 Å². The van der Waals surface area contributed by atoms with E-state index in [0.29, 0.717) is 24.0 Å². The number of fused-ring (bicyclic) bond motifs is 1. The van der Waals surface area contributed by atoms with Crippen LogP contribution in [-0.4, -0.2) is 36.7 Å². The molecular weight excluding hydrogens is 316 g/mol. The molecule has 7 nitrogen and oxygen atoms in total. The monoisotopic (exact) mass is 332 g/mol. The Labute approximate surface area is 136 Å². The number of benzene rings is 2. The van der Waals surface area contributed by atoms with Gasteiger partial charge in [-0.3, -0.25) is 0 Å². The molecule has 6 N–H and O–H groups in total. The zero-order valence-corrected chi connectivity index (χ0v) is 12.5. The lowest BCUT2D eigenvalue weighted by atomic mass is 9.83. The van der Waals surface area contributed by atoms with Crippen molar-refractivity contribution in [3.05, 3.63) is 35.4 Å². The SMILES string of the molecule is Oc1cc(O)c2c(c1)OC(c1cc(O)c(O)c(O)c1)C1(C2)CC1O. The second-order valence-corrected chi connectivity index (χ2v) is 6.48. The Hall–Kier alpha value is -2.80. The van der Waals surface area contributed by atoms with Crippen LogP contribution in [-0.2, 0) is 6.42 Å². The summed E-state index contributed by atoms with van der Waals surface area (Å²) in [6.07, 6.45) is -0.622. The summed E-state index contributed by atoms with van der Waals surface area (Å²) in [4.78, 5) is 0. The van der Waals surface area contributed by atoms with E-state index in [2.05, 4.69) is 0 Å². The lowest BCUT2D eigenvalue weighted by Crippen LogP contribution is -2.30. The molecule has 1 saturated carbocycles. The van der Waals surface area contributed by atoms with E-state index in [-0.39, 0.29) is 17.2 Å². The van der Waals surface area contributed by atoms with Gasteiger partial charge in [0.05, 0.1) is 6.10 Å².